The molecule has 7 nitrogen and oxygen atoms in total. The average Bonchev–Trinajstić information content (AvgIpc) is 3.29. The van der Waals surface area contributed by atoms with Gasteiger partial charge in [0.1, 0.15) is 29.3 Å². The van der Waals surface area contributed by atoms with Crippen molar-refractivity contribution in [2.75, 3.05) is 40.0 Å². The molecule has 0 amide bonds. The summed E-state index contributed by atoms with van der Waals surface area (Å²) < 4.78 is 8.32. The van der Waals surface area contributed by atoms with Crippen LogP contribution in [0.2, 0.25) is 0 Å². The Morgan fingerprint density at radius 3 is 2.28 bits per heavy atom. The van der Waals surface area contributed by atoms with Gasteiger partial charge in [-0.1, -0.05) is 30.3 Å². The minimum atomic E-state index is 0.412. The number of fused-ring (bicyclic) bond motifs is 1. The Balaban J connectivity index is 1.37. The second kappa shape index (κ2) is 10.7. The van der Waals surface area contributed by atoms with Crippen LogP contribution in [-0.4, -0.2) is 64.6 Å². The summed E-state index contributed by atoms with van der Waals surface area (Å²) in [5.74, 6) is 2.15. The number of nitrogen functional groups attached to an aromatic ring is 1. The Labute approximate surface area is 213 Å². The number of nitrogens with zero attached hydrogens (tertiary/aromatic N) is 5. The lowest BCUT2D eigenvalue weighted by molar-refractivity contribution is 0.157. The second-order valence-electron chi connectivity index (χ2n) is 10.1. The molecule has 36 heavy (non-hydrogen) atoms. The molecule has 7 heteroatoms. The van der Waals surface area contributed by atoms with Crippen LogP contribution in [0.5, 0.6) is 11.5 Å². The molecule has 1 fully saturated rings. The largest absolute Gasteiger partial charge is 0.457 e. The normalized spacial score (nSPS) is 18.2. The van der Waals surface area contributed by atoms with E-state index in [4.69, 9.17) is 10.5 Å². The second-order valence-corrected chi connectivity index (χ2v) is 10.1. The van der Waals surface area contributed by atoms with E-state index in [1.807, 2.05) is 42.5 Å². The van der Waals surface area contributed by atoms with Crippen LogP contribution in [0.15, 0.2) is 67.1 Å². The molecule has 2 aromatic heterocycles. The van der Waals surface area contributed by atoms with E-state index in [1.54, 1.807) is 6.33 Å². The van der Waals surface area contributed by atoms with Gasteiger partial charge in [0.2, 0.25) is 0 Å². The Bertz CT molecular complexity index is 1280. The third-order valence-electron chi connectivity index (χ3n) is 7.37. The van der Waals surface area contributed by atoms with Gasteiger partial charge in [0.05, 0.1) is 5.39 Å². The summed E-state index contributed by atoms with van der Waals surface area (Å²) >= 11 is 0. The van der Waals surface area contributed by atoms with E-state index in [9.17, 15) is 0 Å². The summed E-state index contributed by atoms with van der Waals surface area (Å²) in [5, 5.41) is 0.930. The topological polar surface area (TPSA) is 72.4 Å². The number of ether oxygens (including phenoxy) is 1. The molecule has 0 atom stereocenters. The number of para-hydroxylation sites is 1. The molecule has 0 aliphatic heterocycles. The van der Waals surface area contributed by atoms with E-state index >= 15 is 0 Å². The zero-order valence-corrected chi connectivity index (χ0v) is 21.5. The summed E-state index contributed by atoms with van der Waals surface area (Å²) in [6.45, 7) is 2.19. The smallest absolute Gasteiger partial charge is 0.146 e. The monoisotopic (exact) mass is 484 g/mol. The summed E-state index contributed by atoms with van der Waals surface area (Å²) in [5.41, 5.74) is 9.46. The number of anilines is 1. The maximum absolute atomic E-state index is 6.39. The fraction of sp³-hybridized carbons (Fsp3) is 0.379. The Kier molecular flexibility index (Phi) is 7.20. The van der Waals surface area contributed by atoms with Crippen molar-refractivity contribution in [3.8, 4) is 22.6 Å². The van der Waals surface area contributed by atoms with Crippen LogP contribution in [0.4, 0.5) is 5.82 Å². The first-order valence-corrected chi connectivity index (χ1v) is 12.8. The molecule has 0 radical (unpaired) electrons. The lowest BCUT2D eigenvalue weighted by Crippen LogP contribution is -2.39. The molecule has 0 bridgehead atoms. The van der Waals surface area contributed by atoms with Crippen molar-refractivity contribution in [1.82, 2.24) is 24.3 Å². The van der Waals surface area contributed by atoms with Crippen LogP contribution in [0.1, 0.15) is 31.7 Å². The van der Waals surface area contributed by atoms with Crippen LogP contribution in [0.3, 0.4) is 0 Å². The number of aromatic nitrogens is 3. The lowest BCUT2D eigenvalue weighted by atomic mass is 9.90. The lowest BCUT2D eigenvalue weighted by Gasteiger charge is -2.35. The molecule has 188 valence electrons. The minimum absolute atomic E-state index is 0.412. The van der Waals surface area contributed by atoms with E-state index in [0.29, 0.717) is 17.9 Å². The summed E-state index contributed by atoms with van der Waals surface area (Å²) in [6, 6.07) is 19.0. The number of nitrogens with two attached hydrogens (primary N) is 1. The number of likely N-dealkylation sites (N-methyl/N-ethyl adjacent to an activating group) is 2. The standard InChI is InChI=1S/C29H36N6O/c1-33(2)17-18-34(3)22-11-13-23(14-12-22)35-19-26(27-28(30)31-20-32-29(27)35)21-9-15-25(16-10-21)36-24-7-5-4-6-8-24/h4-10,15-16,19-20,22-23H,11-14,17-18H2,1-3H3,(H2,30,31,32)/t22-,23+. The molecule has 1 saturated carbocycles. The first-order valence-electron chi connectivity index (χ1n) is 12.8. The van der Waals surface area contributed by atoms with E-state index in [2.05, 4.69) is 63.8 Å². The molecule has 5 rings (SSSR count). The van der Waals surface area contributed by atoms with Gasteiger partial charge >= 0.3 is 0 Å². The highest BCUT2D eigenvalue weighted by atomic mass is 16.5. The van der Waals surface area contributed by atoms with Gasteiger partial charge in [0.15, 0.2) is 0 Å². The predicted molar refractivity (Wildman–Crippen MR) is 146 cm³/mol. The first-order chi connectivity index (χ1) is 17.5. The van der Waals surface area contributed by atoms with E-state index in [-0.39, 0.29) is 0 Å². The Morgan fingerprint density at radius 1 is 0.889 bits per heavy atom. The van der Waals surface area contributed by atoms with E-state index < -0.39 is 0 Å². The van der Waals surface area contributed by atoms with Gasteiger partial charge in [-0.15, -0.1) is 0 Å². The molecule has 2 heterocycles. The van der Waals surface area contributed by atoms with Gasteiger partial charge in [-0.3, -0.25) is 0 Å². The number of hydrogen-bond acceptors (Lipinski definition) is 6. The fourth-order valence-electron chi connectivity index (χ4n) is 5.25. The van der Waals surface area contributed by atoms with E-state index in [1.165, 1.54) is 12.8 Å². The zero-order chi connectivity index (χ0) is 25.1. The third kappa shape index (κ3) is 5.22. The van der Waals surface area contributed by atoms with Crippen molar-refractivity contribution in [2.45, 2.75) is 37.8 Å². The Morgan fingerprint density at radius 2 is 1.58 bits per heavy atom. The maximum Gasteiger partial charge on any atom is 0.146 e. The van der Waals surface area contributed by atoms with Gasteiger partial charge in [0, 0.05) is 36.9 Å². The number of rotatable bonds is 8. The third-order valence-corrected chi connectivity index (χ3v) is 7.37. The molecule has 0 spiro atoms. The maximum atomic E-state index is 6.39. The molecule has 1 aliphatic carbocycles. The van der Waals surface area contributed by atoms with Gasteiger partial charge in [0.25, 0.3) is 0 Å². The van der Waals surface area contributed by atoms with Crippen LogP contribution in [-0.2, 0) is 0 Å². The predicted octanol–water partition coefficient (Wildman–Crippen LogP) is 5.45. The summed E-state index contributed by atoms with van der Waals surface area (Å²) in [4.78, 5) is 13.8. The van der Waals surface area contributed by atoms with Crippen molar-refractivity contribution in [1.29, 1.82) is 0 Å². The molecule has 1 aliphatic rings. The van der Waals surface area contributed by atoms with Crippen LogP contribution in [0, 0.1) is 0 Å². The first kappa shape index (κ1) is 24.3. The highest BCUT2D eigenvalue weighted by molar-refractivity contribution is 6.00. The number of benzene rings is 2. The quantitative estimate of drug-likeness (QED) is 0.359. The van der Waals surface area contributed by atoms with Crippen molar-refractivity contribution < 1.29 is 4.74 Å². The van der Waals surface area contributed by atoms with Gasteiger partial charge < -0.3 is 24.8 Å². The highest BCUT2D eigenvalue weighted by Gasteiger charge is 2.27. The zero-order valence-electron chi connectivity index (χ0n) is 21.5. The molecule has 4 aromatic rings. The number of hydrogen-bond donors (Lipinski definition) is 1. The molecular formula is C29H36N6O. The average molecular weight is 485 g/mol. The van der Waals surface area contributed by atoms with Crippen LogP contribution < -0.4 is 10.5 Å². The van der Waals surface area contributed by atoms with Gasteiger partial charge in [-0.25, -0.2) is 9.97 Å². The van der Waals surface area contributed by atoms with Crippen molar-refractivity contribution in [2.24, 2.45) is 0 Å². The molecule has 0 unspecified atom stereocenters. The highest BCUT2D eigenvalue weighted by Crippen LogP contribution is 2.39. The van der Waals surface area contributed by atoms with Crippen molar-refractivity contribution in [3.63, 3.8) is 0 Å². The van der Waals surface area contributed by atoms with Crippen molar-refractivity contribution >= 4 is 16.9 Å². The molecule has 0 saturated heterocycles. The minimum Gasteiger partial charge on any atom is -0.457 e. The summed E-state index contributed by atoms with van der Waals surface area (Å²) in [7, 11) is 6.53. The van der Waals surface area contributed by atoms with E-state index in [0.717, 1.165) is 59.6 Å². The van der Waals surface area contributed by atoms with Crippen molar-refractivity contribution in [3.05, 3.63) is 67.1 Å². The molecule has 2 N–H and O–H groups in total. The van der Waals surface area contributed by atoms with Gasteiger partial charge in [-0.05, 0) is 76.7 Å². The SMILES string of the molecule is CN(C)CCN(C)[C@H]1CC[C@@H](n2cc(-c3ccc(Oc4ccccc4)cc3)c3c(N)ncnc32)CC1. The van der Waals surface area contributed by atoms with Gasteiger partial charge in [-0.2, -0.15) is 0 Å². The van der Waals surface area contributed by atoms with Crippen LogP contribution in [0.25, 0.3) is 22.2 Å². The molecule has 2 aromatic carbocycles. The Hall–Kier alpha value is -3.42. The fourth-order valence-corrected chi connectivity index (χ4v) is 5.25. The summed E-state index contributed by atoms with van der Waals surface area (Å²) in [6.07, 6.45) is 8.45. The van der Waals surface area contributed by atoms with Crippen LogP contribution >= 0.6 is 0 Å². The molecular weight excluding hydrogens is 448 g/mol.